The first kappa shape index (κ1) is 24.7. The van der Waals surface area contributed by atoms with Crippen LogP contribution >= 0.6 is 0 Å². The lowest BCUT2D eigenvalue weighted by Crippen LogP contribution is -2.30. The van der Waals surface area contributed by atoms with Gasteiger partial charge in [-0.2, -0.15) is 10.4 Å². The summed E-state index contributed by atoms with van der Waals surface area (Å²) in [6.45, 7) is 4.15. The Labute approximate surface area is 198 Å². The molecule has 2 atom stereocenters. The monoisotopic (exact) mass is 463 g/mol. The van der Waals surface area contributed by atoms with E-state index in [9.17, 15) is 9.59 Å². The van der Waals surface area contributed by atoms with E-state index < -0.39 is 5.91 Å². The number of anilines is 1. The molecule has 0 aliphatic carbocycles. The van der Waals surface area contributed by atoms with Gasteiger partial charge in [0.1, 0.15) is 6.29 Å². The number of nitrogens with zero attached hydrogens (tertiary/aromatic N) is 5. The highest BCUT2D eigenvalue weighted by Crippen LogP contribution is 2.31. The molecule has 0 spiro atoms. The maximum absolute atomic E-state index is 12.1. The maximum atomic E-state index is 12.1. The van der Waals surface area contributed by atoms with Crippen LogP contribution in [-0.4, -0.2) is 65.0 Å². The number of methoxy groups -OCH3 is 1. The lowest BCUT2D eigenvalue weighted by Gasteiger charge is -2.21. The standard InChI is InChI=1S/C21H26N6O2.C3H3NO/c1-4-13-10-26(2)12-17(13)25-20-16(21(22)28)9-24-27-11-15(7-18(20)27)14-5-6-23-19(8-14)29-3;4-2-1-3-5/h5-9,11,13,17,25H,4,10,12H2,1-3H3,(H2,22,28);3H,1H2/t13-,17+;/m0./s1. The highest BCUT2D eigenvalue weighted by molar-refractivity contribution is 6.02. The number of likely N-dealkylation sites (tertiary alicyclic amines) is 1. The number of amides is 1. The number of carbonyl (C=O) groups excluding carboxylic acids is 2. The van der Waals surface area contributed by atoms with E-state index >= 15 is 0 Å². The fourth-order valence-electron chi connectivity index (χ4n) is 4.14. The van der Waals surface area contributed by atoms with Crippen LogP contribution in [0.25, 0.3) is 16.6 Å². The Bertz CT molecular complexity index is 1200. The molecule has 4 heterocycles. The van der Waals surface area contributed by atoms with Crippen LogP contribution in [0, 0.1) is 17.2 Å². The van der Waals surface area contributed by atoms with Crippen molar-refractivity contribution in [3.63, 3.8) is 0 Å². The number of nitrogens with one attached hydrogen (secondary N) is 1. The van der Waals surface area contributed by atoms with Crippen LogP contribution < -0.4 is 15.8 Å². The summed E-state index contributed by atoms with van der Waals surface area (Å²) >= 11 is 0. The number of ether oxygens (including phenoxy) is 1. The van der Waals surface area contributed by atoms with E-state index in [1.54, 1.807) is 23.9 Å². The average molecular weight is 464 g/mol. The zero-order chi connectivity index (χ0) is 24.7. The Morgan fingerprint density at radius 2 is 2.18 bits per heavy atom. The van der Waals surface area contributed by atoms with Crippen molar-refractivity contribution in [2.24, 2.45) is 11.7 Å². The second kappa shape index (κ2) is 11.2. The SMILES string of the molecule is CC[C@H]1CN(C)C[C@H]1Nc1c(C(N)=O)cnn2cc(-c3ccnc(OC)c3)cc12.N#CCC=O. The minimum atomic E-state index is -0.491. The number of hydrogen-bond acceptors (Lipinski definition) is 8. The van der Waals surface area contributed by atoms with Gasteiger partial charge in [-0.15, -0.1) is 0 Å². The molecule has 0 bridgehead atoms. The van der Waals surface area contributed by atoms with E-state index in [2.05, 4.69) is 34.3 Å². The van der Waals surface area contributed by atoms with E-state index in [4.69, 9.17) is 15.7 Å². The molecular formula is C24H29N7O3. The van der Waals surface area contributed by atoms with Crippen molar-refractivity contribution in [2.45, 2.75) is 25.8 Å². The van der Waals surface area contributed by atoms with Gasteiger partial charge >= 0.3 is 0 Å². The van der Waals surface area contributed by atoms with E-state index in [1.165, 1.54) is 6.20 Å². The van der Waals surface area contributed by atoms with Gasteiger partial charge in [0, 0.05) is 43.2 Å². The molecule has 10 nitrogen and oxygen atoms in total. The van der Waals surface area contributed by atoms with Crippen LogP contribution in [0.4, 0.5) is 5.69 Å². The number of rotatable bonds is 7. The molecule has 0 saturated carbocycles. The van der Waals surface area contributed by atoms with Crippen LogP contribution in [0.1, 0.15) is 30.1 Å². The fraction of sp³-hybridized carbons (Fsp3) is 0.375. The van der Waals surface area contributed by atoms with Crippen molar-refractivity contribution < 1.29 is 14.3 Å². The lowest BCUT2D eigenvalue weighted by molar-refractivity contribution is -0.107. The van der Waals surface area contributed by atoms with Crippen LogP contribution in [0.15, 0.2) is 36.8 Å². The van der Waals surface area contributed by atoms with Gasteiger partial charge in [-0.1, -0.05) is 13.3 Å². The Kier molecular flexibility index (Phi) is 8.16. The number of nitrogens with two attached hydrogens (primary N) is 1. The molecule has 1 fully saturated rings. The molecule has 0 unspecified atom stereocenters. The summed E-state index contributed by atoms with van der Waals surface area (Å²) in [6, 6.07) is 7.69. The Morgan fingerprint density at radius 3 is 2.79 bits per heavy atom. The zero-order valence-corrected chi connectivity index (χ0v) is 19.6. The number of hydrogen-bond donors (Lipinski definition) is 2. The molecule has 0 aromatic carbocycles. The molecule has 10 heteroatoms. The molecule has 3 aromatic heterocycles. The van der Waals surface area contributed by atoms with Crippen molar-refractivity contribution >= 4 is 23.4 Å². The van der Waals surface area contributed by atoms with E-state index in [1.807, 2.05) is 24.4 Å². The van der Waals surface area contributed by atoms with Gasteiger partial charge in [-0.05, 0) is 30.7 Å². The Hall–Kier alpha value is -3.97. The molecule has 1 aliphatic rings. The maximum Gasteiger partial charge on any atom is 0.252 e. The minimum Gasteiger partial charge on any atom is -0.481 e. The second-order valence-corrected chi connectivity index (χ2v) is 8.11. The summed E-state index contributed by atoms with van der Waals surface area (Å²) in [5.41, 5.74) is 9.54. The third-order valence-corrected chi connectivity index (χ3v) is 5.83. The highest BCUT2D eigenvalue weighted by atomic mass is 16.5. The summed E-state index contributed by atoms with van der Waals surface area (Å²) in [4.78, 5) is 27.8. The number of carbonyl (C=O) groups is 2. The average Bonchev–Trinajstić information content (AvgIpc) is 3.43. The van der Waals surface area contributed by atoms with Gasteiger partial charge in [0.15, 0.2) is 0 Å². The normalized spacial score (nSPS) is 17.5. The van der Waals surface area contributed by atoms with Crippen molar-refractivity contribution in [1.82, 2.24) is 19.5 Å². The fourth-order valence-corrected chi connectivity index (χ4v) is 4.14. The summed E-state index contributed by atoms with van der Waals surface area (Å²) < 4.78 is 7.01. The van der Waals surface area contributed by atoms with Crippen molar-refractivity contribution in [1.29, 1.82) is 5.26 Å². The molecule has 34 heavy (non-hydrogen) atoms. The number of fused-ring (bicyclic) bond motifs is 1. The summed E-state index contributed by atoms with van der Waals surface area (Å²) in [7, 11) is 3.71. The van der Waals surface area contributed by atoms with Gasteiger partial charge in [0.25, 0.3) is 5.91 Å². The molecular weight excluding hydrogens is 434 g/mol. The molecule has 3 aromatic rings. The molecule has 178 valence electrons. The molecule has 4 rings (SSSR count). The second-order valence-electron chi connectivity index (χ2n) is 8.11. The van der Waals surface area contributed by atoms with Crippen molar-refractivity contribution in [2.75, 3.05) is 32.6 Å². The first-order valence-electron chi connectivity index (χ1n) is 11.0. The third-order valence-electron chi connectivity index (χ3n) is 5.83. The number of primary amides is 1. The van der Waals surface area contributed by atoms with Crippen LogP contribution in [0.5, 0.6) is 5.88 Å². The van der Waals surface area contributed by atoms with Gasteiger partial charge in [0.05, 0.1) is 42.6 Å². The smallest absolute Gasteiger partial charge is 0.252 e. The zero-order valence-electron chi connectivity index (χ0n) is 19.6. The molecule has 0 radical (unpaired) electrons. The largest absolute Gasteiger partial charge is 0.481 e. The predicted molar refractivity (Wildman–Crippen MR) is 128 cm³/mol. The van der Waals surface area contributed by atoms with Crippen LogP contribution in [-0.2, 0) is 4.79 Å². The quantitative estimate of drug-likeness (QED) is 0.509. The summed E-state index contributed by atoms with van der Waals surface area (Å²) in [6.07, 6.45) is 6.82. The summed E-state index contributed by atoms with van der Waals surface area (Å²) in [5.74, 6) is 0.560. The van der Waals surface area contributed by atoms with Gasteiger partial charge in [-0.25, -0.2) is 9.50 Å². The topological polar surface area (TPSA) is 139 Å². The first-order chi connectivity index (χ1) is 16.4. The molecule has 3 N–H and O–H groups in total. The van der Waals surface area contributed by atoms with Gasteiger partial charge in [-0.3, -0.25) is 4.79 Å². The van der Waals surface area contributed by atoms with Gasteiger partial charge < -0.3 is 25.5 Å². The van der Waals surface area contributed by atoms with Crippen LogP contribution in [0.3, 0.4) is 0 Å². The third kappa shape index (κ3) is 5.50. The number of pyridine rings is 1. The van der Waals surface area contributed by atoms with E-state index in [0.717, 1.165) is 41.8 Å². The van der Waals surface area contributed by atoms with E-state index in [-0.39, 0.29) is 12.5 Å². The van der Waals surface area contributed by atoms with Crippen molar-refractivity contribution in [3.05, 3.63) is 42.4 Å². The Morgan fingerprint density at radius 1 is 1.38 bits per heavy atom. The molecule has 1 saturated heterocycles. The highest BCUT2D eigenvalue weighted by Gasteiger charge is 2.31. The molecule has 1 amide bonds. The van der Waals surface area contributed by atoms with Crippen LogP contribution in [0.2, 0.25) is 0 Å². The van der Waals surface area contributed by atoms with E-state index in [0.29, 0.717) is 23.6 Å². The Balaban J connectivity index is 0.000000588. The van der Waals surface area contributed by atoms with Crippen molar-refractivity contribution in [3.8, 4) is 23.1 Å². The number of likely N-dealkylation sites (N-methyl/N-ethyl adjacent to an activating group) is 1. The molecule has 1 aliphatic heterocycles. The number of aromatic nitrogens is 3. The van der Waals surface area contributed by atoms with Gasteiger partial charge in [0.2, 0.25) is 5.88 Å². The first-order valence-corrected chi connectivity index (χ1v) is 11.0. The minimum absolute atomic E-state index is 0.0139. The number of aldehydes is 1. The summed E-state index contributed by atoms with van der Waals surface area (Å²) in [5, 5.41) is 15.6. The number of nitriles is 1. The lowest BCUT2D eigenvalue weighted by atomic mass is 10.00. The predicted octanol–water partition coefficient (Wildman–Crippen LogP) is 2.35.